The van der Waals surface area contributed by atoms with Crippen molar-refractivity contribution in [2.75, 3.05) is 11.9 Å². The van der Waals surface area contributed by atoms with Crippen LogP contribution in [0.25, 0.3) is 0 Å². The number of fused-ring (bicyclic) bond motifs is 2. The summed E-state index contributed by atoms with van der Waals surface area (Å²) in [6.45, 7) is 5.49. The number of amides is 4. The molecule has 0 radical (unpaired) electrons. The smallest absolute Gasteiger partial charge is 0.411 e. The van der Waals surface area contributed by atoms with Crippen molar-refractivity contribution in [3.8, 4) is 0 Å². The highest BCUT2D eigenvalue weighted by atomic mass is 79.9. The second-order valence-corrected chi connectivity index (χ2v) is 12.6. The summed E-state index contributed by atoms with van der Waals surface area (Å²) in [6.07, 6.45) is 2.43. The zero-order chi connectivity index (χ0) is 27.0. The molecule has 2 aromatic rings. The number of piperidine rings is 1. The van der Waals surface area contributed by atoms with Crippen LogP contribution in [0.2, 0.25) is 0 Å². The van der Waals surface area contributed by atoms with Gasteiger partial charge in [-0.05, 0) is 92.1 Å². The van der Waals surface area contributed by atoms with E-state index in [0.29, 0.717) is 40.3 Å². The average Bonchev–Trinajstić information content (AvgIpc) is 3.76. The van der Waals surface area contributed by atoms with E-state index in [1.165, 1.54) is 9.80 Å². The van der Waals surface area contributed by atoms with E-state index in [1.54, 1.807) is 45.0 Å². The topological polar surface area (TPSA) is 109 Å². The molecule has 1 N–H and O–H groups in total. The SMILES string of the molecule is CC(C)(C)OC(=O)N1C2C[C@]2(CN2C(=O)c3ccccc3C2=O)C[C@H]1C(=O)Nc1nc(Br)ccc1C1CC1. The van der Waals surface area contributed by atoms with E-state index in [4.69, 9.17) is 4.74 Å². The Kier molecular flexibility index (Phi) is 5.68. The maximum absolute atomic E-state index is 13.7. The van der Waals surface area contributed by atoms with Crippen LogP contribution in [-0.4, -0.2) is 62.8 Å². The Hall–Kier alpha value is -3.27. The lowest BCUT2D eigenvalue weighted by Crippen LogP contribution is -2.47. The maximum Gasteiger partial charge on any atom is 0.411 e. The molecule has 1 aromatic carbocycles. The number of carbonyl (C=O) groups excluding carboxylic acids is 4. The molecule has 0 bridgehead atoms. The van der Waals surface area contributed by atoms with E-state index in [2.05, 4.69) is 26.2 Å². The lowest BCUT2D eigenvalue weighted by molar-refractivity contribution is -0.121. The van der Waals surface area contributed by atoms with Crippen LogP contribution in [0.3, 0.4) is 0 Å². The van der Waals surface area contributed by atoms with Gasteiger partial charge in [-0.3, -0.25) is 24.2 Å². The minimum Gasteiger partial charge on any atom is -0.444 e. The van der Waals surface area contributed by atoms with Gasteiger partial charge in [0.25, 0.3) is 11.8 Å². The molecular weight excluding hydrogens is 552 g/mol. The van der Waals surface area contributed by atoms with Gasteiger partial charge in [-0.15, -0.1) is 0 Å². The van der Waals surface area contributed by atoms with Crippen LogP contribution >= 0.6 is 15.9 Å². The normalized spacial score (nSPS) is 25.8. The summed E-state index contributed by atoms with van der Waals surface area (Å²) in [4.78, 5) is 60.4. The van der Waals surface area contributed by atoms with Crippen molar-refractivity contribution in [1.29, 1.82) is 0 Å². The molecule has 1 aromatic heterocycles. The van der Waals surface area contributed by atoms with E-state index < -0.39 is 23.2 Å². The minimum absolute atomic E-state index is 0.148. The number of carbonyl (C=O) groups is 4. The van der Waals surface area contributed by atoms with Crippen LogP contribution in [0, 0.1) is 5.41 Å². The van der Waals surface area contributed by atoms with Gasteiger partial charge in [-0.1, -0.05) is 18.2 Å². The second kappa shape index (κ2) is 8.62. The number of halogens is 1. The summed E-state index contributed by atoms with van der Waals surface area (Å²) in [7, 11) is 0. The van der Waals surface area contributed by atoms with Crippen LogP contribution in [0.15, 0.2) is 41.0 Å². The van der Waals surface area contributed by atoms with Crippen molar-refractivity contribution >= 4 is 45.6 Å². The number of imide groups is 1. The third-order valence-electron chi connectivity index (χ3n) is 7.83. The lowest BCUT2D eigenvalue weighted by atomic mass is 9.98. The monoisotopic (exact) mass is 580 g/mol. The molecule has 6 rings (SSSR count). The number of pyridine rings is 1. The van der Waals surface area contributed by atoms with Gasteiger partial charge in [0.2, 0.25) is 5.91 Å². The Labute approximate surface area is 229 Å². The van der Waals surface area contributed by atoms with Crippen LogP contribution < -0.4 is 5.32 Å². The van der Waals surface area contributed by atoms with Crippen molar-refractivity contribution in [1.82, 2.24) is 14.8 Å². The minimum atomic E-state index is -0.813. The van der Waals surface area contributed by atoms with Crippen molar-refractivity contribution in [2.24, 2.45) is 5.41 Å². The van der Waals surface area contributed by atoms with Gasteiger partial charge in [-0.2, -0.15) is 0 Å². The molecule has 2 saturated carbocycles. The quantitative estimate of drug-likeness (QED) is 0.404. The third kappa shape index (κ3) is 4.28. The first kappa shape index (κ1) is 25.0. The summed E-state index contributed by atoms with van der Waals surface area (Å²) < 4.78 is 6.29. The van der Waals surface area contributed by atoms with Crippen LogP contribution in [0.4, 0.5) is 10.6 Å². The summed E-state index contributed by atoms with van der Waals surface area (Å²) >= 11 is 3.39. The van der Waals surface area contributed by atoms with Crippen molar-refractivity contribution < 1.29 is 23.9 Å². The first-order chi connectivity index (χ1) is 18.0. The number of hydrogen-bond donors (Lipinski definition) is 1. The van der Waals surface area contributed by atoms with Crippen molar-refractivity contribution in [3.05, 3.63) is 57.7 Å². The van der Waals surface area contributed by atoms with E-state index >= 15 is 0 Å². The largest absolute Gasteiger partial charge is 0.444 e. The Morgan fingerprint density at radius 2 is 1.74 bits per heavy atom. The lowest BCUT2D eigenvalue weighted by Gasteiger charge is -2.30. The molecule has 198 valence electrons. The molecule has 4 aliphatic rings. The summed E-state index contributed by atoms with van der Waals surface area (Å²) in [5.74, 6) is -0.169. The van der Waals surface area contributed by atoms with Crippen LogP contribution in [0.1, 0.15) is 78.7 Å². The second-order valence-electron chi connectivity index (χ2n) is 11.8. The fourth-order valence-electron chi connectivity index (χ4n) is 5.83. The molecule has 1 unspecified atom stereocenters. The van der Waals surface area contributed by atoms with Crippen LogP contribution in [-0.2, 0) is 9.53 Å². The molecular formula is C28H29BrN4O5. The molecule has 0 spiro atoms. The molecule has 10 heteroatoms. The fourth-order valence-corrected chi connectivity index (χ4v) is 6.14. The van der Waals surface area contributed by atoms with Gasteiger partial charge in [0.05, 0.1) is 11.1 Å². The summed E-state index contributed by atoms with van der Waals surface area (Å²) in [5, 5.41) is 2.97. The van der Waals surface area contributed by atoms with E-state index in [-0.39, 0.29) is 30.3 Å². The molecule has 3 heterocycles. The molecule has 4 amide bonds. The number of nitrogens with zero attached hydrogens (tertiary/aromatic N) is 3. The molecule has 2 aliphatic carbocycles. The van der Waals surface area contributed by atoms with Crippen molar-refractivity contribution in [3.63, 3.8) is 0 Å². The molecule has 2 aliphatic heterocycles. The Morgan fingerprint density at radius 3 is 2.34 bits per heavy atom. The third-order valence-corrected chi connectivity index (χ3v) is 8.27. The van der Waals surface area contributed by atoms with Gasteiger partial charge < -0.3 is 10.1 Å². The number of ether oxygens (including phenoxy) is 1. The van der Waals surface area contributed by atoms with Crippen LogP contribution in [0.5, 0.6) is 0 Å². The first-order valence-electron chi connectivity index (χ1n) is 12.9. The Bertz CT molecular complexity index is 1350. The van der Waals surface area contributed by atoms with E-state index in [1.807, 2.05) is 12.1 Å². The van der Waals surface area contributed by atoms with E-state index in [0.717, 1.165) is 18.4 Å². The highest BCUT2D eigenvalue weighted by Gasteiger charge is 2.69. The molecule has 3 fully saturated rings. The average molecular weight is 581 g/mol. The van der Waals surface area contributed by atoms with Gasteiger partial charge >= 0.3 is 6.09 Å². The number of nitrogens with one attached hydrogen (secondary N) is 1. The van der Waals surface area contributed by atoms with Gasteiger partial charge in [0.15, 0.2) is 0 Å². The molecule has 9 nitrogen and oxygen atoms in total. The standard InChI is InChI=1S/C28H29BrN4O5/c1-27(2,3)38-26(37)33-19(23(34)31-22-16(15-8-9-15)10-11-21(29)30-22)12-28(13-20(28)33)14-32-24(35)17-6-4-5-7-18(17)25(32)36/h4-7,10-11,15,19-20H,8-9,12-14H2,1-3H3,(H,30,31,34)/t19-,20?,28-/m0/s1. The summed E-state index contributed by atoms with van der Waals surface area (Å²) in [5.41, 5.74) is 0.447. The molecule has 3 atom stereocenters. The molecule has 38 heavy (non-hydrogen) atoms. The number of rotatable bonds is 5. The van der Waals surface area contributed by atoms with E-state index in [9.17, 15) is 19.2 Å². The Morgan fingerprint density at radius 1 is 1.08 bits per heavy atom. The predicted octanol–water partition coefficient (Wildman–Crippen LogP) is 4.72. The fraction of sp³-hybridized carbons (Fsp3) is 0.464. The number of hydrogen-bond acceptors (Lipinski definition) is 6. The number of aromatic nitrogens is 1. The Balaban J connectivity index is 1.27. The maximum atomic E-state index is 13.7. The van der Waals surface area contributed by atoms with Gasteiger partial charge in [-0.25, -0.2) is 9.78 Å². The first-order valence-corrected chi connectivity index (χ1v) is 13.7. The number of likely N-dealkylation sites (tertiary alicyclic amines) is 1. The zero-order valence-corrected chi connectivity index (χ0v) is 23.1. The number of anilines is 1. The number of benzene rings is 1. The van der Waals surface area contributed by atoms with Gasteiger partial charge in [0.1, 0.15) is 22.1 Å². The summed E-state index contributed by atoms with van der Waals surface area (Å²) in [6, 6.07) is 9.47. The zero-order valence-electron chi connectivity index (χ0n) is 21.5. The highest BCUT2D eigenvalue weighted by Crippen LogP contribution is 2.60. The predicted molar refractivity (Wildman–Crippen MR) is 142 cm³/mol. The van der Waals surface area contributed by atoms with Gasteiger partial charge in [0, 0.05) is 18.0 Å². The molecule has 1 saturated heterocycles. The van der Waals surface area contributed by atoms with Crippen molar-refractivity contribution in [2.45, 2.75) is 70.1 Å². The highest BCUT2D eigenvalue weighted by molar-refractivity contribution is 9.10.